The predicted molar refractivity (Wildman–Crippen MR) is 79.9 cm³/mol. The molecular formula is C13H18N4O2S. The molecule has 6 nitrogen and oxygen atoms in total. The van der Waals surface area contributed by atoms with Crippen LogP contribution in [0.4, 0.5) is 5.95 Å². The van der Waals surface area contributed by atoms with E-state index in [2.05, 4.69) is 24.3 Å². The van der Waals surface area contributed by atoms with Crippen LogP contribution >= 0.6 is 11.3 Å². The molecule has 108 valence electrons. The molecule has 0 spiro atoms. The Hall–Kier alpha value is -1.44. The summed E-state index contributed by atoms with van der Waals surface area (Å²) in [6.45, 7) is 7.01. The summed E-state index contributed by atoms with van der Waals surface area (Å²) in [4.78, 5) is 19.0. The van der Waals surface area contributed by atoms with Gasteiger partial charge in [-0.05, 0) is 20.8 Å². The van der Waals surface area contributed by atoms with Crippen molar-refractivity contribution in [1.82, 2.24) is 9.55 Å². The molecule has 0 saturated heterocycles. The van der Waals surface area contributed by atoms with Crippen molar-refractivity contribution < 1.29 is 4.74 Å². The molecule has 3 N–H and O–H groups in total. The molecule has 0 unspecified atom stereocenters. The summed E-state index contributed by atoms with van der Waals surface area (Å²) in [7, 11) is 0. The van der Waals surface area contributed by atoms with Gasteiger partial charge in [0.15, 0.2) is 0 Å². The minimum Gasteiger partial charge on any atom is -0.370 e. The average molecular weight is 294 g/mol. The van der Waals surface area contributed by atoms with Gasteiger partial charge < -0.3 is 4.74 Å². The first-order chi connectivity index (χ1) is 9.46. The largest absolute Gasteiger partial charge is 0.370 e. The second-order valence-corrected chi connectivity index (χ2v) is 6.62. The van der Waals surface area contributed by atoms with E-state index in [1.54, 1.807) is 15.9 Å². The molecule has 0 radical (unpaired) electrons. The van der Waals surface area contributed by atoms with Crippen LogP contribution in [0.3, 0.4) is 0 Å². The van der Waals surface area contributed by atoms with Crippen LogP contribution in [-0.2, 0) is 24.3 Å². The molecule has 0 bridgehead atoms. The monoisotopic (exact) mass is 294 g/mol. The highest BCUT2D eigenvalue weighted by Gasteiger charge is 2.30. The molecule has 2 aromatic rings. The molecule has 1 aliphatic rings. The summed E-state index contributed by atoms with van der Waals surface area (Å²) >= 11 is 1.56. The molecule has 2 aromatic heterocycles. The van der Waals surface area contributed by atoms with Crippen LogP contribution in [0.1, 0.15) is 31.2 Å². The first-order valence-electron chi connectivity index (χ1n) is 6.62. The number of nitrogen functional groups attached to an aromatic ring is 1. The van der Waals surface area contributed by atoms with Crippen molar-refractivity contribution in [2.75, 3.05) is 5.43 Å². The maximum Gasteiger partial charge on any atom is 0.264 e. The highest BCUT2D eigenvalue weighted by molar-refractivity contribution is 7.18. The van der Waals surface area contributed by atoms with Crippen LogP contribution in [0.5, 0.6) is 0 Å². The van der Waals surface area contributed by atoms with Gasteiger partial charge in [0, 0.05) is 23.4 Å². The van der Waals surface area contributed by atoms with E-state index >= 15 is 0 Å². The zero-order chi connectivity index (χ0) is 14.5. The van der Waals surface area contributed by atoms with Crippen LogP contribution in [0.15, 0.2) is 4.79 Å². The van der Waals surface area contributed by atoms with Gasteiger partial charge in [0.05, 0.1) is 17.6 Å². The summed E-state index contributed by atoms with van der Waals surface area (Å²) < 4.78 is 7.38. The highest BCUT2D eigenvalue weighted by Crippen LogP contribution is 2.37. The Labute approximate surface area is 120 Å². The van der Waals surface area contributed by atoms with E-state index in [4.69, 9.17) is 10.6 Å². The van der Waals surface area contributed by atoms with E-state index in [-0.39, 0.29) is 11.2 Å². The zero-order valence-electron chi connectivity index (χ0n) is 11.8. The van der Waals surface area contributed by atoms with Crippen molar-refractivity contribution in [3.63, 3.8) is 0 Å². The molecule has 0 atom stereocenters. The fraction of sp³-hybridized carbons (Fsp3) is 0.538. The van der Waals surface area contributed by atoms with E-state index in [1.807, 2.05) is 6.92 Å². The Balaban J connectivity index is 2.30. The standard InChI is InChI=1S/C13H18N4O2S/c1-4-17-11(18)9-7-6-19-13(2,3)5-8(7)20-10(9)15-12(17)16-14/h4-6,14H2,1-3H3,(H,15,16). The van der Waals surface area contributed by atoms with Crippen LogP contribution in [0.2, 0.25) is 0 Å². The molecule has 3 heterocycles. The number of rotatable bonds is 2. The molecule has 0 aromatic carbocycles. The summed E-state index contributed by atoms with van der Waals surface area (Å²) in [6.07, 6.45) is 0.806. The maximum absolute atomic E-state index is 12.6. The summed E-state index contributed by atoms with van der Waals surface area (Å²) in [5.41, 5.74) is 3.26. The van der Waals surface area contributed by atoms with Gasteiger partial charge in [-0.3, -0.25) is 14.8 Å². The van der Waals surface area contributed by atoms with Crippen LogP contribution in [0.25, 0.3) is 10.2 Å². The highest BCUT2D eigenvalue weighted by atomic mass is 32.1. The van der Waals surface area contributed by atoms with Gasteiger partial charge in [-0.2, -0.15) is 0 Å². The van der Waals surface area contributed by atoms with Crippen LogP contribution in [-0.4, -0.2) is 15.2 Å². The molecule has 0 aliphatic carbocycles. The van der Waals surface area contributed by atoms with Crippen molar-refractivity contribution in [3.8, 4) is 0 Å². The van der Waals surface area contributed by atoms with E-state index in [9.17, 15) is 4.79 Å². The normalized spacial score (nSPS) is 17.2. The van der Waals surface area contributed by atoms with Crippen LogP contribution in [0, 0.1) is 0 Å². The SMILES string of the molecule is CCn1c(NN)nc2sc3c(c2c1=O)COC(C)(C)C3. The molecule has 3 rings (SSSR count). The minimum atomic E-state index is -0.188. The lowest BCUT2D eigenvalue weighted by Crippen LogP contribution is -2.32. The number of anilines is 1. The second-order valence-electron chi connectivity index (χ2n) is 5.54. The summed E-state index contributed by atoms with van der Waals surface area (Å²) in [6, 6.07) is 0. The number of hydrogen-bond acceptors (Lipinski definition) is 6. The van der Waals surface area contributed by atoms with E-state index in [0.29, 0.717) is 24.5 Å². The Kier molecular flexibility index (Phi) is 3.07. The third-order valence-corrected chi connectivity index (χ3v) is 4.76. The smallest absolute Gasteiger partial charge is 0.264 e. The molecule has 20 heavy (non-hydrogen) atoms. The number of nitrogens with zero attached hydrogens (tertiary/aromatic N) is 2. The zero-order valence-corrected chi connectivity index (χ0v) is 12.6. The van der Waals surface area contributed by atoms with E-state index < -0.39 is 0 Å². The van der Waals surface area contributed by atoms with Crippen molar-refractivity contribution in [2.45, 2.75) is 45.9 Å². The number of thiophene rings is 1. The number of ether oxygens (including phenoxy) is 1. The van der Waals surface area contributed by atoms with Gasteiger partial charge in [0.25, 0.3) is 5.56 Å². The fourth-order valence-electron chi connectivity index (χ4n) is 2.59. The molecule has 0 fully saturated rings. The topological polar surface area (TPSA) is 82.2 Å². The molecular weight excluding hydrogens is 276 g/mol. The van der Waals surface area contributed by atoms with Gasteiger partial charge in [-0.15, -0.1) is 11.3 Å². The summed E-state index contributed by atoms with van der Waals surface area (Å²) in [5.74, 6) is 5.87. The lowest BCUT2D eigenvalue weighted by Gasteiger charge is -2.29. The Morgan fingerprint density at radius 1 is 1.55 bits per heavy atom. The number of hydrazine groups is 1. The van der Waals surface area contributed by atoms with Gasteiger partial charge in [-0.25, -0.2) is 10.8 Å². The Morgan fingerprint density at radius 3 is 2.95 bits per heavy atom. The number of fused-ring (bicyclic) bond motifs is 3. The number of nitrogens with two attached hydrogens (primary N) is 1. The van der Waals surface area contributed by atoms with Gasteiger partial charge >= 0.3 is 0 Å². The Morgan fingerprint density at radius 2 is 2.30 bits per heavy atom. The van der Waals surface area contributed by atoms with Crippen LogP contribution < -0.4 is 16.8 Å². The van der Waals surface area contributed by atoms with Crippen molar-refractivity contribution in [1.29, 1.82) is 0 Å². The lowest BCUT2D eigenvalue weighted by atomic mass is 9.98. The summed E-state index contributed by atoms with van der Waals surface area (Å²) in [5, 5.41) is 0.682. The fourth-order valence-corrected chi connectivity index (χ4v) is 3.97. The predicted octanol–water partition coefficient (Wildman–Crippen LogP) is 1.61. The molecule has 1 aliphatic heterocycles. The maximum atomic E-state index is 12.6. The quantitative estimate of drug-likeness (QED) is 0.649. The number of nitrogens with one attached hydrogen (secondary N) is 1. The molecule has 7 heteroatoms. The first kappa shape index (κ1) is 13.5. The molecule has 0 amide bonds. The first-order valence-corrected chi connectivity index (χ1v) is 7.44. The van der Waals surface area contributed by atoms with Crippen molar-refractivity contribution in [2.24, 2.45) is 5.84 Å². The minimum absolute atomic E-state index is 0.0498. The van der Waals surface area contributed by atoms with Gasteiger partial charge in [0.1, 0.15) is 4.83 Å². The second kappa shape index (κ2) is 4.54. The van der Waals surface area contributed by atoms with Crippen molar-refractivity contribution >= 4 is 27.5 Å². The third-order valence-electron chi connectivity index (χ3n) is 3.63. The van der Waals surface area contributed by atoms with Gasteiger partial charge in [0.2, 0.25) is 5.95 Å². The van der Waals surface area contributed by atoms with Crippen molar-refractivity contribution in [3.05, 3.63) is 20.8 Å². The van der Waals surface area contributed by atoms with E-state index in [0.717, 1.165) is 16.8 Å². The van der Waals surface area contributed by atoms with E-state index in [1.165, 1.54) is 4.88 Å². The average Bonchev–Trinajstić information content (AvgIpc) is 2.74. The number of hydrogen-bond donors (Lipinski definition) is 2. The third kappa shape index (κ3) is 1.93. The van der Waals surface area contributed by atoms with Gasteiger partial charge in [-0.1, -0.05) is 0 Å². The lowest BCUT2D eigenvalue weighted by molar-refractivity contribution is -0.0382. The Bertz CT molecular complexity index is 732. The molecule has 0 saturated carbocycles. The number of aromatic nitrogens is 2.